The third-order valence-corrected chi connectivity index (χ3v) is 4.99. The van der Waals surface area contributed by atoms with Gasteiger partial charge in [0.2, 0.25) is 0 Å². The Hall–Kier alpha value is -2.60. The van der Waals surface area contributed by atoms with E-state index in [2.05, 4.69) is 61.2 Å². The van der Waals surface area contributed by atoms with Crippen molar-refractivity contribution in [3.63, 3.8) is 0 Å². The van der Waals surface area contributed by atoms with Gasteiger partial charge in [-0.05, 0) is 38.3 Å². The molecular weight excluding hydrogens is 350 g/mol. The molecule has 0 saturated carbocycles. The predicted octanol–water partition coefficient (Wildman–Crippen LogP) is 4.51. The lowest BCUT2D eigenvalue weighted by molar-refractivity contribution is 0.205. The molecule has 0 spiro atoms. The summed E-state index contributed by atoms with van der Waals surface area (Å²) >= 11 is 0. The van der Waals surface area contributed by atoms with Gasteiger partial charge in [-0.15, -0.1) is 0 Å². The zero-order valence-electron chi connectivity index (χ0n) is 17.6. The average Bonchev–Trinajstić information content (AvgIpc) is 3.15. The summed E-state index contributed by atoms with van der Waals surface area (Å²) < 4.78 is 7.27. The molecule has 0 amide bonds. The summed E-state index contributed by atoms with van der Waals surface area (Å²) in [7, 11) is 1.74. The molecule has 150 valence electrons. The highest BCUT2D eigenvalue weighted by molar-refractivity contribution is 5.71. The third kappa shape index (κ3) is 4.12. The van der Waals surface area contributed by atoms with Crippen molar-refractivity contribution in [1.82, 2.24) is 14.6 Å². The minimum absolute atomic E-state index is 0.672. The number of nitrogens with zero attached hydrogens (tertiary/aromatic N) is 4. The minimum atomic E-state index is 0.672. The maximum absolute atomic E-state index is 5.34. The summed E-state index contributed by atoms with van der Waals surface area (Å²) in [5.41, 5.74) is 5.60. The largest absolute Gasteiger partial charge is 0.383 e. The maximum atomic E-state index is 5.34. The van der Waals surface area contributed by atoms with Crippen molar-refractivity contribution in [2.24, 2.45) is 0 Å². The van der Waals surface area contributed by atoms with Crippen molar-refractivity contribution in [2.75, 3.05) is 37.0 Å². The van der Waals surface area contributed by atoms with Crippen molar-refractivity contribution in [2.45, 2.75) is 40.5 Å². The molecule has 0 fully saturated rings. The molecule has 0 atom stereocenters. The Bertz CT molecular complexity index is 934. The Morgan fingerprint density at radius 3 is 2.68 bits per heavy atom. The molecule has 0 aliphatic carbocycles. The Morgan fingerprint density at radius 2 is 1.96 bits per heavy atom. The zero-order valence-corrected chi connectivity index (χ0v) is 17.6. The summed E-state index contributed by atoms with van der Waals surface area (Å²) in [5, 5.41) is 8.11. The number of fused-ring (bicyclic) bond motifs is 1. The van der Waals surface area contributed by atoms with E-state index in [0.717, 1.165) is 54.5 Å². The van der Waals surface area contributed by atoms with Crippen LogP contribution in [0.4, 0.5) is 17.3 Å². The Kier molecular flexibility index (Phi) is 6.52. The fourth-order valence-corrected chi connectivity index (χ4v) is 3.56. The van der Waals surface area contributed by atoms with Gasteiger partial charge >= 0.3 is 0 Å². The number of anilines is 3. The van der Waals surface area contributed by atoms with Crippen LogP contribution in [-0.2, 0) is 11.2 Å². The first kappa shape index (κ1) is 20.1. The van der Waals surface area contributed by atoms with Gasteiger partial charge in [0.15, 0.2) is 5.65 Å². The van der Waals surface area contributed by atoms with E-state index in [0.29, 0.717) is 6.61 Å². The predicted molar refractivity (Wildman–Crippen MR) is 116 cm³/mol. The lowest BCUT2D eigenvalue weighted by Gasteiger charge is -2.27. The van der Waals surface area contributed by atoms with Gasteiger partial charge in [-0.2, -0.15) is 9.61 Å². The van der Waals surface area contributed by atoms with Gasteiger partial charge in [0.05, 0.1) is 12.8 Å². The van der Waals surface area contributed by atoms with Crippen LogP contribution in [0, 0.1) is 13.8 Å². The fraction of sp³-hybridized carbons (Fsp3) is 0.455. The second-order valence-electron chi connectivity index (χ2n) is 7.13. The number of hydrogen-bond acceptors (Lipinski definition) is 5. The first-order valence-corrected chi connectivity index (χ1v) is 10.0. The van der Waals surface area contributed by atoms with E-state index in [4.69, 9.17) is 9.72 Å². The van der Waals surface area contributed by atoms with E-state index < -0.39 is 0 Å². The SMILES string of the molecule is CCCN(CCOC)c1c(C)c(Nc2ccc(C)cc2CC)nc2ccnn12. The van der Waals surface area contributed by atoms with E-state index in [-0.39, 0.29) is 0 Å². The van der Waals surface area contributed by atoms with Crippen LogP contribution in [0.15, 0.2) is 30.5 Å². The van der Waals surface area contributed by atoms with Crippen LogP contribution in [0.1, 0.15) is 37.0 Å². The lowest BCUT2D eigenvalue weighted by atomic mass is 10.1. The van der Waals surface area contributed by atoms with Gasteiger partial charge in [0.1, 0.15) is 11.6 Å². The normalized spacial score (nSPS) is 11.2. The van der Waals surface area contributed by atoms with E-state index in [1.807, 2.05) is 10.6 Å². The Morgan fingerprint density at radius 1 is 1.14 bits per heavy atom. The highest BCUT2D eigenvalue weighted by Crippen LogP contribution is 2.30. The highest BCUT2D eigenvalue weighted by Gasteiger charge is 2.19. The third-order valence-electron chi connectivity index (χ3n) is 4.99. The molecule has 0 saturated heterocycles. The molecule has 0 unspecified atom stereocenters. The molecule has 0 aliphatic rings. The number of benzene rings is 1. The average molecular weight is 382 g/mol. The monoisotopic (exact) mass is 381 g/mol. The number of ether oxygens (including phenoxy) is 1. The molecule has 28 heavy (non-hydrogen) atoms. The molecule has 6 heteroatoms. The van der Waals surface area contributed by atoms with Crippen molar-refractivity contribution in [3.8, 4) is 0 Å². The van der Waals surface area contributed by atoms with Gasteiger partial charge < -0.3 is 15.0 Å². The molecule has 0 aliphatic heterocycles. The van der Waals surface area contributed by atoms with E-state index >= 15 is 0 Å². The summed E-state index contributed by atoms with van der Waals surface area (Å²) in [6.07, 6.45) is 3.83. The molecule has 3 aromatic rings. The van der Waals surface area contributed by atoms with Gasteiger partial charge in [-0.3, -0.25) is 0 Å². The lowest BCUT2D eigenvalue weighted by Crippen LogP contribution is -2.31. The van der Waals surface area contributed by atoms with E-state index in [1.165, 1.54) is 11.1 Å². The van der Waals surface area contributed by atoms with Crippen LogP contribution in [0.2, 0.25) is 0 Å². The highest BCUT2D eigenvalue weighted by atomic mass is 16.5. The van der Waals surface area contributed by atoms with Gasteiger partial charge in [-0.25, -0.2) is 4.98 Å². The molecule has 1 aromatic carbocycles. The van der Waals surface area contributed by atoms with Crippen molar-refractivity contribution in [3.05, 3.63) is 47.2 Å². The molecule has 1 N–H and O–H groups in total. The van der Waals surface area contributed by atoms with Gasteiger partial charge in [0.25, 0.3) is 0 Å². The van der Waals surface area contributed by atoms with E-state index in [9.17, 15) is 0 Å². The van der Waals surface area contributed by atoms with Gasteiger partial charge in [-0.1, -0.05) is 31.5 Å². The van der Waals surface area contributed by atoms with Crippen LogP contribution >= 0.6 is 0 Å². The first-order chi connectivity index (χ1) is 13.6. The Labute approximate surface area is 167 Å². The number of rotatable bonds is 9. The van der Waals surface area contributed by atoms with Crippen LogP contribution < -0.4 is 10.2 Å². The smallest absolute Gasteiger partial charge is 0.159 e. The van der Waals surface area contributed by atoms with Crippen LogP contribution in [0.3, 0.4) is 0 Å². The second-order valence-corrected chi connectivity index (χ2v) is 7.13. The molecule has 3 rings (SSSR count). The molecule has 2 heterocycles. The zero-order chi connectivity index (χ0) is 20.1. The minimum Gasteiger partial charge on any atom is -0.383 e. The van der Waals surface area contributed by atoms with Crippen molar-refractivity contribution in [1.29, 1.82) is 0 Å². The summed E-state index contributed by atoms with van der Waals surface area (Å²) in [6, 6.07) is 8.46. The van der Waals surface area contributed by atoms with Gasteiger partial charge in [0, 0.05) is 37.5 Å². The standard InChI is InChI=1S/C22H31N5O/c1-6-12-26(13-14-28-5)22-17(4)21(25-20-10-11-23-27(20)22)24-19-9-8-16(3)15-18(19)7-2/h8-11,15H,6-7,12-14H2,1-5H3,(H,24,25). The molecule has 2 aromatic heterocycles. The summed E-state index contributed by atoms with van der Waals surface area (Å²) in [5.74, 6) is 1.95. The molecular formula is C22H31N5O. The summed E-state index contributed by atoms with van der Waals surface area (Å²) in [4.78, 5) is 7.18. The Balaban J connectivity index is 2.08. The number of aryl methyl sites for hydroxylation is 2. The second kappa shape index (κ2) is 9.06. The number of hydrogen-bond donors (Lipinski definition) is 1. The van der Waals surface area contributed by atoms with E-state index in [1.54, 1.807) is 13.3 Å². The molecule has 6 nitrogen and oxygen atoms in total. The first-order valence-electron chi connectivity index (χ1n) is 10.0. The summed E-state index contributed by atoms with van der Waals surface area (Å²) in [6.45, 7) is 11.0. The topological polar surface area (TPSA) is 54.7 Å². The maximum Gasteiger partial charge on any atom is 0.159 e. The van der Waals surface area contributed by atoms with Crippen molar-refractivity contribution < 1.29 is 4.74 Å². The number of nitrogens with one attached hydrogen (secondary N) is 1. The quantitative estimate of drug-likeness (QED) is 0.591. The molecule has 0 radical (unpaired) electrons. The van der Waals surface area contributed by atoms with Crippen LogP contribution in [0.5, 0.6) is 0 Å². The van der Waals surface area contributed by atoms with Crippen LogP contribution in [-0.4, -0.2) is 41.4 Å². The number of methoxy groups -OCH3 is 1. The number of aromatic nitrogens is 3. The fourth-order valence-electron chi connectivity index (χ4n) is 3.56. The molecule has 0 bridgehead atoms. The van der Waals surface area contributed by atoms with Crippen LogP contribution in [0.25, 0.3) is 5.65 Å². The van der Waals surface area contributed by atoms with Crippen molar-refractivity contribution >= 4 is 23.0 Å².